The Morgan fingerprint density at radius 1 is 1.21 bits per heavy atom. The number of carboxylic acid groups (broad SMARTS) is 2. The molecular weight excluding hydrogens is 256 g/mol. The van der Waals surface area contributed by atoms with Gasteiger partial charge in [-0.25, -0.2) is 9.59 Å². The lowest BCUT2D eigenvalue weighted by Gasteiger charge is -2.30. The normalized spacial score (nSPS) is 17.8. The largest absolute Gasteiger partial charge is 0.481 e. The lowest BCUT2D eigenvalue weighted by Crippen LogP contribution is -2.50. The minimum atomic E-state index is -1.26. The Hall–Kier alpha value is -1.83. The number of hydrogen-bond acceptors (Lipinski definition) is 4. The second kappa shape index (κ2) is 6.93. The van der Waals surface area contributed by atoms with Crippen LogP contribution in [0.5, 0.6) is 0 Å². The molecule has 1 heterocycles. The van der Waals surface area contributed by atoms with Crippen molar-refractivity contribution in [3.8, 4) is 0 Å². The van der Waals surface area contributed by atoms with Crippen LogP contribution in [0.4, 0.5) is 4.79 Å². The van der Waals surface area contributed by atoms with Crippen LogP contribution >= 0.6 is 0 Å². The zero-order chi connectivity index (χ0) is 14.4. The van der Waals surface area contributed by atoms with Crippen LogP contribution in [0, 0.1) is 0 Å². The van der Waals surface area contributed by atoms with E-state index >= 15 is 0 Å². The van der Waals surface area contributed by atoms with Gasteiger partial charge < -0.3 is 25.5 Å². The smallest absolute Gasteiger partial charge is 0.326 e. The molecule has 8 heteroatoms. The van der Waals surface area contributed by atoms with Gasteiger partial charge in [0, 0.05) is 19.5 Å². The number of carbonyl (C=O) groups is 3. The van der Waals surface area contributed by atoms with Crippen molar-refractivity contribution in [2.24, 2.45) is 0 Å². The van der Waals surface area contributed by atoms with E-state index < -0.39 is 30.1 Å². The summed E-state index contributed by atoms with van der Waals surface area (Å²) < 4.78 is 0. The van der Waals surface area contributed by atoms with E-state index in [0.29, 0.717) is 25.9 Å². The summed E-state index contributed by atoms with van der Waals surface area (Å²) in [5.41, 5.74) is 0. The Kier molecular flexibility index (Phi) is 5.56. The van der Waals surface area contributed by atoms with Crippen molar-refractivity contribution < 1.29 is 29.7 Å². The highest BCUT2D eigenvalue weighted by Crippen LogP contribution is 2.10. The van der Waals surface area contributed by atoms with E-state index in [1.165, 1.54) is 4.90 Å². The number of nitrogens with zero attached hydrogens (tertiary/aromatic N) is 1. The molecule has 8 nitrogen and oxygen atoms in total. The minimum Gasteiger partial charge on any atom is -0.481 e. The first-order valence-electron chi connectivity index (χ1n) is 6.08. The number of carboxylic acids is 2. The number of nitrogens with one attached hydrogen (secondary N) is 1. The first-order valence-corrected chi connectivity index (χ1v) is 6.08. The van der Waals surface area contributed by atoms with Gasteiger partial charge in [-0.2, -0.15) is 0 Å². The fraction of sp³-hybridized carbons (Fsp3) is 0.727. The molecule has 1 aliphatic rings. The Morgan fingerprint density at radius 2 is 1.79 bits per heavy atom. The Bertz CT molecular complexity index is 351. The lowest BCUT2D eigenvalue weighted by atomic mass is 10.1. The van der Waals surface area contributed by atoms with Crippen molar-refractivity contribution in [3.05, 3.63) is 0 Å². The van der Waals surface area contributed by atoms with Crippen molar-refractivity contribution >= 4 is 18.0 Å². The second-order valence-electron chi connectivity index (χ2n) is 4.49. The highest BCUT2D eigenvalue weighted by Gasteiger charge is 2.26. The van der Waals surface area contributed by atoms with Crippen LogP contribution < -0.4 is 5.32 Å². The predicted octanol–water partition coefficient (Wildman–Crippen LogP) is -0.529. The van der Waals surface area contributed by atoms with Gasteiger partial charge in [-0.05, 0) is 19.3 Å². The maximum Gasteiger partial charge on any atom is 0.326 e. The molecule has 1 unspecified atom stereocenters. The van der Waals surface area contributed by atoms with Crippen molar-refractivity contribution in [2.75, 3.05) is 13.1 Å². The van der Waals surface area contributed by atoms with Crippen molar-refractivity contribution in [2.45, 2.75) is 37.8 Å². The SMILES string of the molecule is O=C(O)CCC(NC(=O)N1CCC(O)CC1)C(=O)O. The molecule has 0 aromatic rings. The molecule has 0 aromatic heterocycles. The summed E-state index contributed by atoms with van der Waals surface area (Å²) in [6.07, 6.45) is 0.00924. The maximum atomic E-state index is 11.8. The van der Waals surface area contributed by atoms with Gasteiger partial charge in [0.15, 0.2) is 0 Å². The third-order valence-electron chi connectivity index (χ3n) is 2.99. The quantitative estimate of drug-likeness (QED) is 0.533. The van der Waals surface area contributed by atoms with Gasteiger partial charge >= 0.3 is 18.0 Å². The summed E-state index contributed by atoms with van der Waals surface area (Å²) in [7, 11) is 0. The van der Waals surface area contributed by atoms with E-state index in [9.17, 15) is 19.5 Å². The van der Waals surface area contributed by atoms with Crippen LogP contribution in [-0.4, -0.2) is 63.4 Å². The molecule has 1 aliphatic heterocycles. The van der Waals surface area contributed by atoms with Gasteiger partial charge in [-0.1, -0.05) is 0 Å². The van der Waals surface area contributed by atoms with E-state index in [0.717, 1.165) is 0 Å². The molecule has 0 aromatic carbocycles. The number of carbonyl (C=O) groups excluding carboxylic acids is 1. The molecule has 108 valence electrons. The average Bonchev–Trinajstić information content (AvgIpc) is 2.34. The van der Waals surface area contributed by atoms with Gasteiger partial charge in [-0.3, -0.25) is 4.79 Å². The van der Waals surface area contributed by atoms with Gasteiger partial charge in [-0.15, -0.1) is 0 Å². The fourth-order valence-electron chi connectivity index (χ4n) is 1.83. The third-order valence-corrected chi connectivity index (χ3v) is 2.99. The number of aliphatic hydroxyl groups is 1. The number of urea groups is 1. The Labute approximate surface area is 110 Å². The zero-order valence-electron chi connectivity index (χ0n) is 10.4. The zero-order valence-corrected chi connectivity index (χ0v) is 10.4. The summed E-state index contributed by atoms with van der Waals surface area (Å²) in [4.78, 5) is 34.5. The second-order valence-corrected chi connectivity index (χ2v) is 4.49. The molecular formula is C11H18N2O6. The number of aliphatic carboxylic acids is 2. The monoisotopic (exact) mass is 274 g/mol. The average molecular weight is 274 g/mol. The van der Waals surface area contributed by atoms with Gasteiger partial charge in [0.05, 0.1) is 6.10 Å². The molecule has 0 radical (unpaired) electrons. The molecule has 1 fully saturated rings. The van der Waals surface area contributed by atoms with E-state index in [1.54, 1.807) is 0 Å². The summed E-state index contributed by atoms with van der Waals surface area (Å²) >= 11 is 0. The highest BCUT2D eigenvalue weighted by atomic mass is 16.4. The van der Waals surface area contributed by atoms with Crippen LogP contribution in [0.3, 0.4) is 0 Å². The predicted molar refractivity (Wildman–Crippen MR) is 63.6 cm³/mol. The topological polar surface area (TPSA) is 127 Å². The Balaban J connectivity index is 2.46. The molecule has 0 saturated carbocycles. The van der Waals surface area contributed by atoms with Crippen molar-refractivity contribution in [1.82, 2.24) is 10.2 Å². The van der Waals surface area contributed by atoms with E-state index in [-0.39, 0.29) is 12.8 Å². The van der Waals surface area contributed by atoms with Crippen LogP contribution in [0.1, 0.15) is 25.7 Å². The standard InChI is InChI=1S/C11H18N2O6/c14-7-3-5-13(6-4-7)11(19)12-8(10(17)18)1-2-9(15)16/h7-8,14H,1-6H2,(H,12,19)(H,15,16)(H,17,18). The van der Waals surface area contributed by atoms with E-state index in [4.69, 9.17) is 10.2 Å². The van der Waals surface area contributed by atoms with Gasteiger partial charge in [0.1, 0.15) is 6.04 Å². The maximum absolute atomic E-state index is 11.8. The summed E-state index contributed by atoms with van der Waals surface area (Å²) in [5.74, 6) is -2.37. The number of piperidine rings is 1. The Morgan fingerprint density at radius 3 is 2.26 bits per heavy atom. The number of aliphatic hydroxyl groups excluding tert-OH is 1. The molecule has 19 heavy (non-hydrogen) atoms. The fourth-order valence-corrected chi connectivity index (χ4v) is 1.83. The first-order chi connectivity index (χ1) is 8.90. The lowest BCUT2D eigenvalue weighted by molar-refractivity contribution is -0.140. The molecule has 1 saturated heterocycles. The van der Waals surface area contributed by atoms with Gasteiger partial charge in [0.25, 0.3) is 0 Å². The van der Waals surface area contributed by atoms with Crippen LogP contribution in [0.15, 0.2) is 0 Å². The highest BCUT2D eigenvalue weighted by molar-refractivity contribution is 5.83. The first kappa shape index (κ1) is 15.2. The van der Waals surface area contributed by atoms with E-state index in [2.05, 4.69) is 5.32 Å². The number of amides is 2. The number of hydrogen-bond donors (Lipinski definition) is 4. The van der Waals surface area contributed by atoms with Crippen molar-refractivity contribution in [3.63, 3.8) is 0 Å². The molecule has 0 bridgehead atoms. The number of likely N-dealkylation sites (tertiary alicyclic amines) is 1. The minimum absolute atomic E-state index is 0.160. The van der Waals surface area contributed by atoms with E-state index in [1.807, 2.05) is 0 Å². The van der Waals surface area contributed by atoms with Crippen LogP contribution in [-0.2, 0) is 9.59 Å². The summed E-state index contributed by atoms with van der Waals surface area (Å²) in [6.45, 7) is 0.719. The third kappa shape index (κ3) is 5.12. The summed E-state index contributed by atoms with van der Waals surface area (Å²) in [5, 5.41) is 29.0. The van der Waals surface area contributed by atoms with Crippen LogP contribution in [0.25, 0.3) is 0 Å². The van der Waals surface area contributed by atoms with Gasteiger partial charge in [0.2, 0.25) is 0 Å². The molecule has 0 aliphatic carbocycles. The van der Waals surface area contributed by atoms with Crippen LogP contribution in [0.2, 0.25) is 0 Å². The number of rotatable bonds is 5. The molecule has 2 amide bonds. The molecule has 1 rings (SSSR count). The molecule has 0 spiro atoms. The summed E-state index contributed by atoms with van der Waals surface area (Å²) in [6, 6.07) is -1.75. The van der Waals surface area contributed by atoms with Crippen molar-refractivity contribution in [1.29, 1.82) is 0 Å². The molecule has 4 N–H and O–H groups in total. The molecule has 1 atom stereocenters.